The van der Waals surface area contributed by atoms with Gasteiger partial charge in [-0.3, -0.25) is 4.79 Å². The van der Waals surface area contributed by atoms with Crippen molar-refractivity contribution in [3.8, 4) is 0 Å². The summed E-state index contributed by atoms with van der Waals surface area (Å²) < 4.78 is 25.6. The van der Waals surface area contributed by atoms with E-state index < -0.39 is 22.0 Å². The van der Waals surface area contributed by atoms with Crippen molar-refractivity contribution in [3.63, 3.8) is 0 Å². The molecule has 0 amide bonds. The van der Waals surface area contributed by atoms with Crippen molar-refractivity contribution in [2.24, 2.45) is 0 Å². The Balaban J connectivity index is 2.43. The fourth-order valence-electron chi connectivity index (χ4n) is 1.96. The Labute approximate surface area is 109 Å². The van der Waals surface area contributed by atoms with E-state index in [1.165, 1.54) is 18.3 Å². The van der Waals surface area contributed by atoms with Crippen LogP contribution in [0.1, 0.15) is 12.8 Å². The summed E-state index contributed by atoms with van der Waals surface area (Å²) >= 11 is 5.75. The fraction of sp³-hybridized carbons (Fsp3) is 0.400. The van der Waals surface area contributed by atoms with Gasteiger partial charge in [0.2, 0.25) is 10.0 Å². The van der Waals surface area contributed by atoms with Crippen molar-refractivity contribution in [1.82, 2.24) is 9.29 Å². The second-order valence-electron chi connectivity index (χ2n) is 3.90. The summed E-state index contributed by atoms with van der Waals surface area (Å²) in [5.41, 5.74) is 0. The molecule has 0 saturated carbocycles. The minimum atomic E-state index is -3.91. The Morgan fingerprint density at radius 2 is 2.28 bits per heavy atom. The number of hydrogen-bond acceptors (Lipinski definition) is 4. The largest absolute Gasteiger partial charge is 0.480 e. The summed E-state index contributed by atoms with van der Waals surface area (Å²) in [5.74, 6) is -1.14. The lowest BCUT2D eigenvalue weighted by molar-refractivity contribution is -0.140. The number of sulfonamides is 1. The first kappa shape index (κ1) is 13.3. The molecule has 1 aliphatic rings. The predicted octanol–water partition coefficient (Wildman–Crippen LogP) is 0.973. The second kappa shape index (κ2) is 4.83. The molecule has 1 aromatic rings. The lowest BCUT2D eigenvalue weighted by Gasteiger charge is -2.21. The molecule has 1 aromatic heterocycles. The summed E-state index contributed by atoms with van der Waals surface area (Å²) in [7, 11) is -3.91. The summed E-state index contributed by atoms with van der Waals surface area (Å²) in [5, 5.41) is 8.86. The van der Waals surface area contributed by atoms with Crippen LogP contribution in [0.15, 0.2) is 23.2 Å². The fourth-order valence-corrected chi connectivity index (χ4v) is 4.05. The van der Waals surface area contributed by atoms with Crippen LogP contribution < -0.4 is 0 Å². The minimum Gasteiger partial charge on any atom is -0.480 e. The Kier molecular flexibility index (Phi) is 3.56. The third-order valence-corrected chi connectivity index (χ3v) is 5.15. The van der Waals surface area contributed by atoms with Gasteiger partial charge in [0, 0.05) is 12.7 Å². The lowest BCUT2D eigenvalue weighted by atomic mass is 10.2. The van der Waals surface area contributed by atoms with Crippen molar-refractivity contribution >= 4 is 27.6 Å². The average Bonchev–Trinajstić information content (AvgIpc) is 2.78. The van der Waals surface area contributed by atoms with Crippen molar-refractivity contribution in [2.45, 2.75) is 23.8 Å². The Morgan fingerprint density at radius 3 is 2.89 bits per heavy atom. The SMILES string of the molecule is O=C(O)C1CCCN1S(=O)(=O)c1cccnc1Cl. The zero-order chi connectivity index (χ0) is 13.3. The number of carboxylic acids is 1. The third-order valence-electron chi connectivity index (χ3n) is 2.80. The Bertz CT molecular complexity index is 575. The van der Waals surface area contributed by atoms with Crippen molar-refractivity contribution in [2.75, 3.05) is 6.54 Å². The highest BCUT2D eigenvalue weighted by Crippen LogP contribution is 2.28. The first-order chi connectivity index (χ1) is 8.44. The van der Waals surface area contributed by atoms with Gasteiger partial charge in [-0.1, -0.05) is 11.6 Å². The second-order valence-corrected chi connectivity index (χ2v) is 6.12. The number of aromatic nitrogens is 1. The molecule has 1 N–H and O–H groups in total. The molecule has 0 aliphatic carbocycles. The predicted molar refractivity (Wildman–Crippen MR) is 63.8 cm³/mol. The van der Waals surface area contributed by atoms with E-state index in [9.17, 15) is 13.2 Å². The lowest BCUT2D eigenvalue weighted by Crippen LogP contribution is -2.40. The van der Waals surface area contributed by atoms with Gasteiger partial charge in [-0.15, -0.1) is 0 Å². The van der Waals surface area contributed by atoms with E-state index >= 15 is 0 Å². The van der Waals surface area contributed by atoms with E-state index in [1.807, 2.05) is 0 Å². The van der Waals surface area contributed by atoms with Crippen molar-refractivity contribution < 1.29 is 18.3 Å². The first-order valence-corrected chi connectivity index (χ1v) is 7.11. The summed E-state index contributed by atoms with van der Waals surface area (Å²) in [6.07, 6.45) is 2.21. The number of hydrogen-bond donors (Lipinski definition) is 1. The van der Waals surface area contributed by atoms with Gasteiger partial charge in [0.15, 0.2) is 0 Å². The quantitative estimate of drug-likeness (QED) is 0.838. The maximum absolute atomic E-state index is 12.3. The molecule has 0 spiro atoms. The molecule has 18 heavy (non-hydrogen) atoms. The zero-order valence-electron chi connectivity index (χ0n) is 9.28. The smallest absolute Gasteiger partial charge is 0.322 e. The molecule has 0 radical (unpaired) electrons. The summed E-state index contributed by atoms with van der Waals surface area (Å²) in [6, 6.07) is 1.75. The normalized spacial score (nSPS) is 21.1. The number of aliphatic carboxylic acids is 1. The highest BCUT2D eigenvalue weighted by atomic mass is 35.5. The van der Waals surface area contributed by atoms with Gasteiger partial charge in [0.25, 0.3) is 0 Å². The van der Waals surface area contributed by atoms with Gasteiger partial charge in [0.1, 0.15) is 16.1 Å². The molecule has 0 aromatic carbocycles. The van der Waals surface area contributed by atoms with Crippen LogP contribution in [0.4, 0.5) is 0 Å². The van der Waals surface area contributed by atoms with Crippen LogP contribution in [0.3, 0.4) is 0 Å². The molecule has 1 saturated heterocycles. The maximum atomic E-state index is 12.3. The molecule has 0 bridgehead atoms. The van der Waals surface area contributed by atoms with E-state index in [2.05, 4.69) is 4.98 Å². The van der Waals surface area contributed by atoms with E-state index in [0.717, 1.165) is 4.31 Å². The molecule has 2 rings (SSSR count). The van der Waals surface area contributed by atoms with Crippen LogP contribution in [-0.4, -0.2) is 41.4 Å². The van der Waals surface area contributed by atoms with Crippen LogP contribution in [0.2, 0.25) is 5.15 Å². The monoisotopic (exact) mass is 290 g/mol. The molecule has 98 valence electrons. The zero-order valence-corrected chi connectivity index (χ0v) is 10.9. The summed E-state index contributed by atoms with van der Waals surface area (Å²) in [4.78, 5) is 14.6. The molecule has 6 nitrogen and oxygen atoms in total. The average molecular weight is 291 g/mol. The van der Waals surface area contributed by atoms with Crippen molar-refractivity contribution in [3.05, 3.63) is 23.5 Å². The van der Waals surface area contributed by atoms with Crippen LogP contribution in [0.25, 0.3) is 0 Å². The van der Waals surface area contributed by atoms with E-state index in [4.69, 9.17) is 16.7 Å². The van der Waals surface area contributed by atoms with Gasteiger partial charge in [0.05, 0.1) is 0 Å². The third kappa shape index (κ3) is 2.21. The van der Waals surface area contributed by atoms with E-state index in [0.29, 0.717) is 12.8 Å². The van der Waals surface area contributed by atoms with Crippen LogP contribution in [0, 0.1) is 0 Å². The molecule has 1 fully saturated rings. The highest BCUT2D eigenvalue weighted by molar-refractivity contribution is 7.89. The van der Waals surface area contributed by atoms with Crippen LogP contribution in [-0.2, 0) is 14.8 Å². The number of pyridine rings is 1. The number of carbonyl (C=O) groups is 1. The molecular formula is C10H11ClN2O4S. The maximum Gasteiger partial charge on any atom is 0.322 e. The topological polar surface area (TPSA) is 87.6 Å². The molecule has 1 aliphatic heterocycles. The van der Waals surface area contributed by atoms with Gasteiger partial charge in [-0.2, -0.15) is 4.31 Å². The summed E-state index contributed by atoms with van der Waals surface area (Å²) in [6.45, 7) is 0.185. The Morgan fingerprint density at radius 1 is 1.56 bits per heavy atom. The highest BCUT2D eigenvalue weighted by Gasteiger charge is 2.40. The van der Waals surface area contributed by atoms with Gasteiger partial charge in [-0.05, 0) is 25.0 Å². The molecule has 8 heteroatoms. The van der Waals surface area contributed by atoms with Crippen LogP contribution in [0.5, 0.6) is 0 Å². The minimum absolute atomic E-state index is 0.145. The number of rotatable bonds is 3. The number of carboxylic acid groups (broad SMARTS) is 1. The number of nitrogens with zero attached hydrogens (tertiary/aromatic N) is 2. The Hall–Kier alpha value is -1.18. The van der Waals surface area contributed by atoms with Gasteiger partial charge >= 0.3 is 5.97 Å². The molecule has 2 heterocycles. The van der Waals surface area contributed by atoms with Crippen molar-refractivity contribution in [1.29, 1.82) is 0 Å². The molecular weight excluding hydrogens is 280 g/mol. The van der Waals surface area contributed by atoms with Gasteiger partial charge < -0.3 is 5.11 Å². The number of halogens is 1. The first-order valence-electron chi connectivity index (χ1n) is 5.30. The van der Waals surface area contributed by atoms with Gasteiger partial charge in [-0.25, -0.2) is 13.4 Å². The standard InChI is InChI=1S/C10H11ClN2O4S/c11-9-8(4-1-5-12-9)18(16,17)13-6-2-3-7(13)10(14)15/h1,4-5,7H,2-3,6H2,(H,14,15). The molecule has 1 atom stereocenters. The molecule has 1 unspecified atom stereocenters. The van der Waals surface area contributed by atoms with E-state index in [1.54, 1.807) is 0 Å². The van der Waals surface area contributed by atoms with E-state index in [-0.39, 0.29) is 16.6 Å². The van der Waals surface area contributed by atoms with Crippen LogP contribution >= 0.6 is 11.6 Å².